The lowest BCUT2D eigenvalue weighted by molar-refractivity contribution is 0.0902. The smallest absolute Gasteiger partial charge is 0.122 e. The molecule has 5 rings (SSSR count). The van der Waals surface area contributed by atoms with E-state index in [9.17, 15) is 0 Å². The molecule has 0 saturated heterocycles. The van der Waals surface area contributed by atoms with Crippen molar-refractivity contribution in [1.29, 1.82) is 0 Å². The molecule has 0 atom stereocenters. The fraction of sp³-hybridized carbons (Fsp3) is 0.375. The number of fused-ring (bicyclic) bond motifs is 2. The predicted molar refractivity (Wildman–Crippen MR) is 188 cm³/mol. The highest BCUT2D eigenvalue weighted by atomic mass is 79.9. The third-order valence-corrected chi connectivity index (χ3v) is 11.7. The first-order chi connectivity index (χ1) is 19.9. The Morgan fingerprint density at radius 1 is 0.643 bits per heavy atom. The number of rotatable bonds is 12. The minimum absolute atomic E-state index is 0.512. The minimum Gasteiger partial charge on any atom is -0.361 e. The van der Waals surface area contributed by atoms with E-state index in [0.717, 1.165) is 78.6 Å². The van der Waals surface area contributed by atoms with Gasteiger partial charge in [0.15, 0.2) is 0 Å². The molecule has 0 fully saturated rings. The molecule has 0 unspecified atom stereocenters. The fourth-order valence-electron chi connectivity index (χ4n) is 4.84. The van der Waals surface area contributed by atoms with Crippen LogP contribution in [0.4, 0.5) is 0 Å². The molecule has 2 aromatic carbocycles. The van der Waals surface area contributed by atoms with Gasteiger partial charge in [-0.3, -0.25) is 9.97 Å². The van der Waals surface area contributed by atoms with Crippen LogP contribution in [0.2, 0.25) is 51.4 Å². The summed E-state index contributed by atoms with van der Waals surface area (Å²) in [5, 5.41) is 2.26. The second kappa shape index (κ2) is 12.9. The second-order valence-corrected chi connectivity index (χ2v) is 26.4. The third-order valence-electron chi connectivity index (χ3n) is 7.35. The average molecular weight is 729 g/mol. The van der Waals surface area contributed by atoms with Crippen LogP contribution in [0, 0.1) is 0 Å². The van der Waals surface area contributed by atoms with Crippen molar-refractivity contribution in [3.8, 4) is 22.5 Å². The molecule has 0 amide bonds. The Morgan fingerprint density at radius 3 is 1.40 bits per heavy atom. The van der Waals surface area contributed by atoms with Crippen molar-refractivity contribution in [3.05, 3.63) is 70.1 Å². The van der Waals surface area contributed by atoms with Crippen LogP contribution >= 0.6 is 31.9 Å². The quantitative estimate of drug-likeness (QED) is 0.0949. The zero-order valence-electron chi connectivity index (χ0n) is 25.4. The van der Waals surface area contributed by atoms with Crippen LogP contribution < -0.4 is 0 Å². The molecule has 0 aliphatic heterocycles. The average Bonchev–Trinajstić information content (AvgIpc) is 3.46. The lowest BCUT2D eigenvalue weighted by Gasteiger charge is -2.15. The monoisotopic (exact) mass is 726 g/mol. The Labute approximate surface area is 267 Å². The molecule has 0 spiro atoms. The highest BCUT2D eigenvalue weighted by molar-refractivity contribution is 9.10. The molecule has 10 heteroatoms. The number of hydrogen-bond acceptors (Lipinski definition) is 4. The Kier molecular flexibility index (Phi) is 9.61. The van der Waals surface area contributed by atoms with Crippen LogP contribution in [-0.4, -0.2) is 48.5 Å². The topological polar surface area (TPSA) is 54.1 Å². The summed E-state index contributed by atoms with van der Waals surface area (Å²) in [5.74, 6) is 0. The Balaban J connectivity index is 1.41. The summed E-state index contributed by atoms with van der Waals surface area (Å²) in [6.07, 6.45) is 8.04. The predicted octanol–water partition coefficient (Wildman–Crippen LogP) is 9.87. The normalized spacial score (nSPS) is 12.6. The summed E-state index contributed by atoms with van der Waals surface area (Å²) in [6, 6.07) is 15.0. The molecule has 6 nitrogen and oxygen atoms in total. The molecule has 5 aromatic rings. The van der Waals surface area contributed by atoms with Crippen LogP contribution in [-0.2, 0) is 22.9 Å². The van der Waals surface area contributed by atoms with Crippen LogP contribution in [0.15, 0.2) is 70.1 Å². The van der Waals surface area contributed by atoms with Crippen molar-refractivity contribution >= 4 is 69.8 Å². The molecule has 3 aromatic heterocycles. The van der Waals surface area contributed by atoms with Crippen LogP contribution in [0.5, 0.6) is 0 Å². The van der Waals surface area contributed by atoms with Gasteiger partial charge < -0.3 is 18.6 Å². The van der Waals surface area contributed by atoms with E-state index in [4.69, 9.17) is 19.4 Å². The Morgan fingerprint density at radius 2 is 1.05 bits per heavy atom. The van der Waals surface area contributed by atoms with E-state index in [1.165, 1.54) is 0 Å². The molecule has 0 saturated carbocycles. The van der Waals surface area contributed by atoms with Crippen molar-refractivity contribution in [3.63, 3.8) is 0 Å². The third kappa shape index (κ3) is 7.70. The molecule has 3 heterocycles. The van der Waals surface area contributed by atoms with E-state index in [1.54, 1.807) is 0 Å². The van der Waals surface area contributed by atoms with Crippen molar-refractivity contribution in [2.24, 2.45) is 0 Å². The van der Waals surface area contributed by atoms with Gasteiger partial charge in [-0.05, 0) is 36.4 Å². The van der Waals surface area contributed by atoms with E-state index < -0.39 is 16.1 Å². The molecular formula is C32H40Br2N4O2Si2. The number of ether oxygens (including phenoxy) is 2. The van der Waals surface area contributed by atoms with E-state index in [0.29, 0.717) is 13.5 Å². The highest BCUT2D eigenvalue weighted by Crippen LogP contribution is 2.34. The standard InChI is InChI=1S/C32H40Br2N4O2Si2/c1-41(2,3)13-11-39-21-37-19-27(25-9-7-23(33)15-31(25)37)29-17-36-30(18-35-29)28-20-38(22-40-12-14-42(4,5)6)32-16-24(34)8-10-26(28)32/h7-10,15-20H,11-14,21-22H2,1-6H3. The van der Waals surface area contributed by atoms with E-state index >= 15 is 0 Å². The number of hydrogen-bond donors (Lipinski definition) is 0. The molecule has 0 aliphatic rings. The largest absolute Gasteiger partial charge is 0.361 e. The second-order valence-electron chi connectivity index (χ2n) is 13.3. The van der Waals surface area contributed by atoms with Gasteiger partial charge in [-0.2, -0.15) is 0 Å². The minimum atomic E-state index is -1.14. The molecule has 42 heavy (non-hydrogen) atoms. The molecule has 0 radical (unpaired) electrons. The fourth-order valence-corrected chi connectivity index (χ4v) is 7.05. The number of benzene rings is 2. The van der Waals surface area contributed by atoms with Gasteiger partial charge in [0.05, 0.1) is 34.8 Å². The Bertz CT molecular complexity index is 1560. The van der Waals surface area contributed by atoms with E-state index in [-0.39, 0.29) is 0 Å². The maximum absolute atomic E-state index is 6.11. The number of halogens is 2. The maximum atomic E-state index is 6.11. The zero-order valence-corrected chi connectivity index (χ0v) is 30.5. The summed E-state index contributed by atoms with van der Waals surface area (Å²) in [7, 11) is -2.29. The van der Waals surface area contributed by atoms with Gasteiger partial charge in [0.2, 0.25) is 0 Å². The highest BCUT2D eigenvalue weighted by Gasteiger charge is 2.17. The van der Waals surface area contributed by atoms with Crippen LogP contribution in [0.1, 0.15) is 0 Å². The van der Waals surface area contributed by atoms with E-state index in [1.807, 2.05) is 12.4 Å². The molecular weight excluding hydrogens is 688 g/mol. The van der Waals surface area contributed by atoms with Crippen LogP contribution in [0.3, 0.4) is 0 Å². The lowest BCUT2D eigenvalue weighted by Crippen LogP contribution is -2.21. The first kappa shape index (κ1) is 31.3. The maximum Gasteiger partial charge on any atom is 0.122 e. The summed E-state index contributed by atoms with van der Waals surface area (Å²) in [6.45, 7) is 16.8. The van der Waals surface area contributed by atoms with Crippen LogP contribution in [0.25, 0.3) is 44.3 Å². The molecule has 0 bridgehead atoms. The van der Waals surface area contributed by atoms with Gasteiger partial charge in [-0.25, -0.2) is 0 Å². The number of aromatic nitrogens is 4. The van der Waals surface area contributed by atoms with E-state index in [2.05, 4.69) is 129 Å². The first-order valence-electron chi connectivity index (χ1n) is 14.4. The number of nitrogens with zero attached hydrogens (tertiary/aromatic N) is 4. The summed E-state index contributed by atoms with van der Waals surface area (Å²) < 4.78 is 18.6. The summed E-state index contributed by atoms with van der Waals surface area (Å²) >= 11 is 7.28. The summed E-state index contributed by atoms with van der Waals surface area (Å²) in [4.78, 5) is 9.82. The van der Waals surface area contributed by atoms with Crippen molar-refractivity contribution < 1.29 is 9.47 Å². The van der Waals surface area contributed by atoms with Gasteiger partial charge in [0.25, 0.3) is 0 Å². The van der Waals surface area contributed by atoms with Crippen molar-refractivity contribution in [2.45, 2.75) is 64.8 Å². The van der Waals surface area contributed by atoms with Gasteiger partial charge in [0, 0.05) is 72.6 Å². The Hall–Kier alpha value is -2.09. The lowest BCUT2D eigenvalue weighted by atomic mass is 10.1. The first-order valence-corrected chi connectivity index (χ1v) is 23.4. The van der Waals surface area contributed by atoms with Crippen molar-refractivity contribution in [2.75, 3.05) is 13.2 Å². The molecule has 0 aliphatic carbocycles. The molecule has 222 valence electrons. The van der Waals surface area contributed by atoms with Gasteiger partial charge >= 0.3 is 0 Å². The summed E-state index contributed by atoms with van der Waals surface area (Å²) in [5.41, 5.74) is 6.00. The SMILES string of the molecule is C[Si](C)(C)CCOCn1cc(-c2cnc(-c3cn(COCC[Si](C)(C)C)c4cc(Br)ccc34)cn2)c2ccc(Br)cc21. The van der Waals surface area contributed by atoms with Gasteiger partial charge in [0.1, 0.15) is 13.5 Å². The molecule has 0 N–H and O–H groups in total. The van der Waals surface area contributed by atoms with Gasteiger partial charge in [-0.1, -0.05) is 83.3 Å². The van der Waals surface area contributed by atoms with Crippen molar-refractivity contribution in [1.82, 2.24) is 19.1 Å². The van der Waals surface area contributed by atoms with Gasteiger partial charge in [-0.15, -0.1) is 0 Å². The zero-order chi connectivity index (χ0) is 30.1.